The molecule has 0 bridgehead atoms. The average molecular weight is 352 g/mol. The van der Waals surface area contributed by atoms with E-state index in [1.165, 1.54) is 30.5 Å². The zero-order chi connectivity index (χ0) is 18.4. The first-order valence-electron chi connectivity index (χ1n) is 7.39. The van der Waals surface area contributed by atoms with E-state index in [2.05, 4.69) is 10.3 Å². The van der Waals surface area contributed by atoms with Crippen molar-refractivity contribution in [2.75, 3.05) is 11.9 Å². The Morgan fingerprint density at radius 1 is 1.20 bits per heavy atom. The van der Waals surface area contributed by atoms with Gasteiger partial charge < -0.3 is 10.1 Å². The fraction of sp³-hybridized carbons (Fsp3) is 0.235. The third kappa shape index (κ3) is 5.03. The number of alkyl halides is 3. The van der Waals surface area contributed by atoms with Gasteiger partial charge in [0.25, 0.3) is 0 Å². The van der Waals surface area contributed by atoms with E-state index in [0.29, 0.717) is 0 Å². The molecule has 0 spiro atoms. The van der Waals surface area contributed by atoms with Crippen molar-refractivity contribution in [3.05, 3.63) is 53.7 Å². The van der Waals surface area contributed by atoms with Gasteiger partial charge in [0, 0.05) is 11.9 Å². The number of ketones is 1. The standard InChI is InChI=1S/C17H15F3N2O3/c1-2-25-15(24)10-14(23)13-7-4-8-21-16(13)22-12-6-3-5-11(9-12)17(18,19)20/h3-9H,2,10H2,1H3,(H,21,22). The topological polar surface area (TPSA) is 68.3 Å². The molecule has 1 N–H and O–H groups in total. The maximum Gasteiger partial charge on any atom is 0.416 e. The molecule has 25 heavy (non-hydrogen) atoms. The monoisotopic (exact) mass is 352 g/mol. The summed E-state index contributed by atoms with van der Waals surface area (Å²) in [6.07, 6.45) is -3.57. The Morgan fingerprint density at radius 2 is 1.96 bits per heavy atom. The number of benzene rings is 1. The van der Waals surface area contributed by atoms with Crippen LogP contribution in [0.3, 0.4) is 0 Å². The van der Waals surface area contributed by atoms with Gasteiger partial charge in [0.2, 0.25) is 0 Å². The first kappa shape index (κ1) is 18.4. The highest BCUT2D eigenvalue weighted by Crippen LogP contribution is 2.31. The van der Waals surface area contributed by atoms with E-state index in [1.807, 2.05) is 0 Å². The maximum atomic E-state index is 12.8. The molecule has 0 amide bonds. The van der Waals surface area contributed by atoms with Crippen molar-refractivity contribution in [3.8, 4) is 0 Å². The van der Waals surface area contributed by atoms with Crippen LogP contribution < -0.4 is 5.32 Å². The van der Waals surface area contributed by atoms with Gasteiger partial charge in [0.05, 0.1) is 17.7 Å². The second-order valence-corrected chi connectivity index (χ2v) is 5.01. The predicted molar refractivity (Wildman–Crippen MR) is 84.5 cm³/mol. The normalized spacial score (nSPS) is 11.0. The molecule has 1 aromatic carbocycles. The third-order valence-electron chi connectivity index (χ3n) is 3.17. The summed E-state index contributed by atoms with van der Waals surface area (Å²) in [5.74, 6) is -1.15. The lowest BCUT2D eigenvalue weighted by atomic mass is 10.1. The van der Waals surface area contributed by atoms with E-state index in [0.717, 1.165) is 12.1 Å². The van der Waals surface area contributed by atoms with Gasteiger partial charge in [-0.1, -0.05) is 6.07 Å². The Balaban J connectivity index is 2.24. The highest BCUT2D eigenvalue weighted by molar-refractivity contribution is 6.08. The van der Waals surface area contributed by atoms with Crippen LogP contribution in [0.25, 0.3) is 0 Å². The molecule has 0 unspecified atom stereocenters. The van der Waals surface area contributed by atoms with Crippen molar-refractivity contribution in [1.29, 1.82) is 0 Å². The molecule has 0 aliphatic rings. The Hall–Kier alpha value is -2.90. The smallest absolute Gasteiger partial charge is 0.416 e. The number of hydrogen-bond acceptors (Lipinski definition) is 5. The van der Waals surface area contributed by atoms with Crippen molar-refractivity contribution >= 4 is 23.3 Å². The van der Waals surface area contributed by atoms with Gasteiger partial charge in [-0.05, 0) is 37.3 Å². The molecule has 1 heterocycles. The van der Waals surface area contributed by atoms with E-state index in [4.69, 9.17) is 4.74 Å². The second-order valence-electron chi connectivity index (χ2n) is 5.01. The Bertz CT molecular complexity index is 776. The van der Waals surface area contributed by atoms with Crippen molar-refractivity contribution in [2.45, 2.75) is 19.5 Å². The molecule has 0 aliphatic carbocycles. The highest BCUT2D eigenvalue weighted by Gasteiger charge is 2.30. The SMILES string of the molecule is CCOC(=O)CC(=O)c1cccnc1Nc1cccc(C(F)(F)F)c1. The van der Waals surface area contributed by atoms with Gasteiger partial charge in [0.1, 0.15) is 12.2 Å². The molecular weight excluding hydrogens is 337 g/mol. The van der Waals surface area contributed by atoms with Crippen LogP contribution in [0.5, 0.6) is 0 Å². The van der Waals surface area contributed by atoms with Gasteiger partial charge in [-0.15, -0.1) is 0 Å². The van der Waals surface area contributed by atoms with Crippen molar-refractivity contribution < 1.29 is 27.5 Å². The van der Waals surface area contributed by atoms with Crippen molar-refractivity contribution in [3.63, 3.8) is 0 Å². The number of rotatable bonds is 6. The lowest BCUT2D eigenvalue weighted by molar-refractivity contribution is -0.142. The zero-order valence-corrected chi connectivity index (χ0v) is 13.3. The summed E-state index contributed by atoms with van der Waals surface area (Å²) in [6, 6.07) is 7.45. The molecule has 2 rings (SSSR count). The Kier molecular flexibility index (Phi) is 5.74. The predicted octanol–water partition coefficient (Wildman–Crippen LogP) is 3.98. The number of hydrogen-bond donors (Lipinski definition) is 1. The average Bonchev–Trinajstić information content (AvgIpc) is 2.55. The summed E-state index contributed by atoms with van der Waals surface area (Å²) in [5, 5.41) is 2.69. The highest BCUT2D eigenvalue weighted by atomic mass is 19.4. The number of anilines is 2. The van der Waals surface area contributed by atoms with Crippen LogP contribution in [0.1, 0.15) is 29.3 Å². The summed E-state index contributed by atoms with van der Waals surface area (Å²) >= 11 is 0. The van der Waals surface area contributed by atoms with E-state index in [-0.39, 0.29) is 23.7 Å². The van der Waals surface area contributed by atoms with Crippen LogP contribution in [0.15, 0.2) is 42.6 Å². The molecule has 8 heteroatoms. The first-order valence-corrected chi connectivity index (χ1v) is 7.39. The van der Waals surface area contributed by atoms with Crippen LogP contribution in [0, 0.1) is 0 Å². The van der Waals surface area contributed by atoms with E-state index >= 15 is 0 Å². The number of esters is 1. The molecule has 5 nitrogen and oxygen atoms in total. The van der Waals surface area contributed by atoms with E-state index < -0.39 is 29.9 Å². The second kappa shape index (κ2) is 7.78. The first-order chi connectivity index (χ1) is 11.8. The number of nitrogens with one attached hydrogen (secondary N) is 1. The summed E-state index contributed by atoms with van der Waals surface area (Å²) < 4.78 is 43.1. The lowest BCUT2D eigenvalue weighted by Gasteiger charge is -2.12. The lowest BCUT2D eigenvalue weighted by Crippen LogP contribution is -2.13. The van der Waals surface area contributed by atoms with Crippen LogP contribution in [-0.2, 0) is 15.7 Å². The van der Waals surface area contributed by atoms with Crippen LogP contribution in [0.2, 0.25) is 0 Å². The fourth-order valence-electron chi connectivity index (χ4n) is 2.08. The molecule has 0 atom stereocenters. The van der Waals surface area contributed by atoms with E-state index in [1.54, 1.807) is 6.92 Å². The minimum atomic E-state index is -4.48. The quantitative estimate of drug-likeness (QED) is 0.484. The molecule has 132 valence electrons. The summed E-state index contributed by atoms with van der Waals surface area (Å²) in [7, 11) is 0. The number of Topliss-reactive ketones (excluding diaryl/α,β-unsaturated/α-hetero) is 1. The number of nitrogens with zero attached hydrogens (tertiary/aromatic N) is 1. The van der Waals surface area contributed by atoms with Crippen LogP contribution >= 0.6 is 0 Å². The van der Waals surface area contributed by atoms with Gasteiger partial charge >= 0.3 is 12.1 Å². The molecule has 0 saturated heterocycles. The van der Waals surface area contributed by atoms with Gasteiger partial charge in [-0.25, -0.2) is 4.98 Å². The largest absolute Gasteiger partial charge is 0.466 e. The van der Waals surface area contributed by atoms with Crippen LogP contribution in [-0.4, -0.2) is 23.3 Å². The molecule has 0 saturated carbocycles. The number of pyridine rings is 1. The summed E-state index contributed by atoms with van der Waals surface area (Å²) in [5.41, 5.74) is -0.612. The number of ether oxygens (including phenoxy) is 1. The maximum absolute atomic E-state index is 12.8. The summed E-state index contributed by atoms with van der Waals surface area (Å²) in [4.78, 5) is 27.6. The van der Waals surface area contributed by atoms with E-state index in [9.17, 15) is 22.8 Å². The Morgan fingerprint density at radius 3 is 2.64 bits per heavy atom. The molecule has 2 aromatic rings. The fourth-order valence-corrected chi connectivity index (χ4v) is 2.08. The van der Waals surface area contributed by atoms with Gasteiger partial charge in [-0.2, -0.15) is 13.2 Å². The minimum Gasteiger partial charge on any atom is -0.466 e. The minimum absolute atomic E-state index is 0.0659. The van der Waals surface area contributed by atoms with Gasteiger partial charge in [0.15, 0.2) is 5.78 Å². The van der Waals surface area contributed by atoms with Crippen molar-refractivity contribution in [1.82, 2.24) is 4.98 Å². The molecule has 1 aromatic heterocycles. The number of carbonyl (C=O) groups excluding carboxylic acids is 2. The Labute approximate surface area is 141 Å². The number of aromatic nitrogens is 1. The third-order valence-corrected chi connectivity index (χ3v) is 3.17. The number of carbonyl (C=O) groups is 2. The number of halogens is 3. The molecule has 0 radical (unpaired) electrons. The molecular formula is C17H15F3N2O3. The molecule has 0 fully saturated rings. The van der Waals surface area contributed by atoms with Crippen molar-refractivity contribution in [2.24, 2.45) is 0 Å². The van der Waals surface area contributed by atoms with Crippen LogP contribution in [0.4, 0.5) is 24.7 Å². The zero-order valence-electron chi connectivity index (χ0n) is 13.3. The summed E-state index contributed by atoms with van der Waals surface area (Å²) in [6.45, 7) is 1.77. The molecule has 0 aliphatic heterocycles. The van der Waals surface area contributed by atoms with Gasteiger partial charge in [-0.3, -0.25) is 9.59 Å².